The zero-order chi connectivity index (χ0) is 21.0. The van der Waals surface area contributed by atoms with Gasteiger partial charge in [-0.05, 0) is 41.8 Å². The van der Waals surface area contributed by atoms with E-state index in [9.17, 15) is 14.0 Å². The van der Waals surface area contributed by atoms with Crippen LogP contribution in [-0.2, 0) is 4.79 Å². The van der Waals surface area contributed by atoms with E-state index < -0.39 is 5.92 Å². The summed E-state index contributed by atoms with van der Waals surface area (Å²) in [6, 6.07) is 13.2. The van der Waals surface area contributed by atoms with E-state index in [0.717, 1.165) is 5.56 Å². The lowest BCUT2D eigenvalue weighted by molar-refractivity contribution is -0.125. The Kier molecular flexibility index (Phi) is 6.52. The van der Waals surface area contributed by atoms with Crippen LogP contribution in [0.4, 0.5) is 4.39 Å². The average molecular weight is 398 g/mol. The largest absolute Gasteiger partial charge is 0.497 e. The molecule has 0 spiro atoms. The third kappa shape index (κ3) is 4.94. The van der Waals surface area contributed by atoms with E-state index in [1.807, 2.05) is 19.9 Å². The molecule has 2 aromatic carbocycles. The van der Waals surface area contributed by atoms with Crippen molar-refractivity contribution in [3.05, 3.63) is 65.5 Å². The molecule has 6 heteroatoms. The minimum Gasteiger partial charge on any atom is -0.497 e. The van der Waals surface area contributed by atoms with E-state index in [-0.39, 0.29) is 23.5 Å². The van der Waals surface area contributed by atoms with Gasteiger partial charge in [-0.25, -0.2) is 4.39 Å². The van der Waals surface area contributed by atoms with Crippen LogP contribution < -0.4 is 10.1 Å². The molecule has 0 bridgehead atoms. The molecule has 154 valence electrons. The third-order valence-corrected chi connectivity index (χ3v) is 5.22. The van der Waals surface area contributed by atoms with Crippen LogP contribution in [0.15, 0.2) is 48.5 Å². The second kappa shape index (κ2) is 9.07. The summed E-state index contributed by atoms with van der Waals surface area (Å²) in [7, 11) is 1.55. The Morgan fingerprint density at radius 1 is 1.17 bits per heavy atom. The number of nitrogens with zero attached hydrogens (tertiary/aromatic N) is 1. The predicted octanol–water partition coefficient (Wildman–Crippen LogP) is 3.46. The molecule has 5 nitrogen and oxygen atoms in total. The van der Waals surface area contributed by atoms with Gasteiger partial charge in [-0.15, -0.1) is 0 Å². The summed E-state index contributed by atoms with van der Waals surface area (Å²) < 4.78 is 19.0. The van der Waals surface area contributed by atoms with Gasteiger partial charge in [0.2, 0.25) is 5.91 Å². The summed E-state index contributed by atoms with van der Waals surface area (Å²) in [4.78, 5) is 27.6. The molecule has 0 radical (unpaired) electrons. The molecule has 0 aromatic heterocycles. The van der Waals surface area contributed by atoms with Crippen molar-refractivity contribution in [1.82, 2.24) is 10.2 Å². The van der Waals surface area contributed by atoms with Crippen LogP contribution in [0.5, 0.6) is 5.75 Å². The van der Waals surface area contributed by atoms with Gasteiger partial charge in [-0.1, -0.05) is 32.0 Å². The number of amides is 2. The molecule has 2 aromatic rings. The summed E-state index contributed by atoms with van der Waals surface area (Å²) in [5.74, 6) is -0.372. The fourth-order valence-electron chi connectivity index (χ4n) is 3.68. The molecular formula is C23H27FN2O3. The minimum atomic E-state index is -0.426. The van der Waals surface area contributed by atoms with Gasteiger partial charge in [0.15, 0.2) is 0 Å². The Balaban J connectivity index is 1.85. The Labute approximate surface area is 170 Å². The highest BCUT2D eigenvalue weighted by Crippen LogP contribution is 2.34. The first kappa shape index (κ1) is 20.8. The van der Waals surface area contributed by atoms with Crippen LogP contribution in [0.1, 0.15) is 35.7 Å². The standard InChI is InChI=1S/C23H27FN2O3/c1-15(2)12-25-22(27)21-14-26(13-20(21)16-6-4-8-18(24)10-16)23(28)17-7-5-9-19(11-17)29-3/h4-11,15,20-21H,12-14H2,1-3H3,(H,25,27). The topological polar surface area (TPSA) is 58.6 Å². The molecule has 2 unspecified atom stereocenters. The number of nitrogens with one attached hydrogen (secondary N) is 1. The van der Waals surface area contributed by atoms with Gasteiger partial charge in [0.1, 0.15) is 11.6 Å². The number of hydrogen-bond acceptors (Lipinski definition) is 3. The molecule has 2 amide bonds. The second-order valence-electron chi connectivity index (χ2n) is 7.85. The van der Waals surface area contributed by atoms with Gasteiger partial charge in [0.05, 0.1) is 13.0 Å². The quantitative estimate of drug-likeness (QED) is 0.811. The first-order valence-corrected chi connectivity index (χ1v) is 9.85. The number of ether oxygens (including phenoxy) is 1. The fourth-order valence-corrected chi connectivity index (χ4v) is 3.68. The Hall–Kier alpha value is -2.89. The van der Waals surface area contributed by atoms with Gasteiger partial charge >= 0.3 is 0 Å². The summed E-state index contributed by atoms with van der Waals surface area (Å²) in [5.41, 5.74) is 1.24. The molecule has 1 aliphatic rings. The van der Waals surface area contributed by atoms with E-state index in [1.54, 1.807) is 42.3 Å². The van der Waals surface area contributed by atoms with E-state index in [2.05, 4.69) is 5.32 Å². The van der Waals surface area contributed by atoms with Crippen LogP contribution in [0, 0.1) is 17.7 Å². The summed E-state index contributed by atoms with van der Waals surface area (Å²) in [6.45, 7) is 5.27. The van der Waals surface area contributed by atoms with Crippen molar-refractivity contribution in [2.75, 3.05) is 26.7 Å². The average Bonchev–Trinajstić information content (AvgIpc) is 3.17. The number of hydrogen-bond donors (Lipinski definition) is 1. The van der Waals surface area contributed by atoms with E-state index in [4.69, 9.17) is 4.74 Å². The number of methoxy groups -OCH3 is 1. The molecule has 1 fully saturated rings. The lowest BCUT2D eigenvalue weighted by atomic mass is 9.88. The monoisotopic (exact) mass is 398 g/mol. The second-order valence-corrected chi connectivity index (χ2v) is 7.85. The first-order valence-electron chi connectivity index (χ1n) is 9.85. The smallest absolute Gasteiger partial charge is 0.254 e. The van der Waals surface area contributed by atoms with Crippen LogP contribution >= 0.6 is 0 Å². The molecule has 29 heavy (non-hydrogen) atoms. The van der Waals surface area contributed by atoms with Gasteiger partial charge in [0.25, 0.3) is 5.91 Å². The molecule has 3 rings (SSSR count). The van der Waals surface area contributed by atoms with Gasteiger partial charge in [0, 0.05) is 31.1 Å². The van der Waals surface area contributed by atoms with Crippen molar-refractivity contribution in [3.63, 3.8) is 0 Å². The third-order valence-electron chi connectivity index (χ3n) is 5.22. The number of halogens is 1. The molecule has 2 atom stereocenters. The number of carbonyl (C=O) groups is 2. The highest BCUT2D eigenvalue weighted by molar-refractivity contribution is 5.95. The summed E-state index contributed by atoms with van der Waals surface area (Å²) in [6.07, 6.45) is 0. The maximum Gasteiger partial charge on any atom is 0.254 e. The molecule has 0 saturated carbocycles. The number of rotatable bonds is 6. The molecular weight excluding hydrogens is 371 g/mol. The molecule has 0 aliphatic carbocycles. The zero-order valence-corrected chi connectivity index (χ0v) is 17.0. The van der Waals surface area contributed by atoms with Gasteiger partial charge in [-0.3, -0.25) is 9.59 Å². The van der Waals surface area contributed by atoms with Crippen molar-refractivity contribution in [2.24, 2.45) is 11.8 Å². The Bertz CT molecular complexity index is 884. The lowest BCUT2D eigenvalue weighted by Crippen LogP contribution is -2.37. The lowest BCUT2D eigenvalue weighted by Gasteiger charge is -2.19. The van der Waals surface area contributed by atoms with Crippen molar-refractivity contribution < 1.29 is 18.7 Å². The fraction of sp³-hybridized carbons (Fsp3) is 0.391. The Morgan fingerprint density at radius 3 is 2.62 bits per heavy atom. The minimum absolute atomic E-state index is 0.103. The van der Waals surface area contributed by atoms with E-state index >= 15 is 0 Å². The maximum absolute atomic E-state index is 13.8. The number of likely N-dealkylation sites (tertiary alicyclic amines) is 1. The van der Waals surface area contributed by atoms with E-state index in [1.165, 1.54) is 12.1 Å². The SMILES string of the molecule is COc1cccc(C(=O)N2CC(C(=O)NCC(C)C)C(c3cccc(F)c3)C2)c1. The Morgan fingerprint density at radius 2 is 1.93 bits per heavy atom. The summed E-state index contributed by atoms with van der Waals surface area (Å²) >= 11 is 0. The van der Waals surface area contributed by atoms with Crippen LogP contribution in [-0.4, -0.2) is 43.5 Å². The van der Waals surface area contributed by atoms with Crippen molar-refractivity contribution in [2.45, 2.75) is 19.8 Å². The van der Waals surface area contributed by atoms with Gasteiger partial charge < -0.3 is 15.0 Å². The van der Waals surface area contributed by atoms with Gasteiger partial charge in [-0.2, -0.15) is 0 Å². The van der Waals surface area contributed by atoms with Crippen molar-refractivity contribution >= 4 is 11.8 Å². The summed E-state index contributed by atoms with van der Waals surface area (Å²) in [5, 5.41) is 2.97. The molecule has 1 N–H and O–H groups in total. The number of benzene rings is 2. The van der Waals surface area contributed by atoms with Crippen molar-refractivity contribution in [1.29, 1.82) is 0 Å². The van der Waals surface area contributed by atoms with E-state index in [0.29, 0.717) is 36.9 Å². The predicted molar refractivity (Wildman–Crippen MR) is 109 cm³/mol. The number of carbonyl (C=O) groups excluding carboxylic acids is 2. The maximum atomic E-state index is 13.8. The normalized spacial score (nSPS) is 18.7. The first-order chi connectivity index (χ1) is 13.9. The van der Waals surface area contributed by atoms with Crippen LogP contribution in [0.25, 0.3) is 0 Å². The molecule has 1 heterocycles. The van der Waals surface area contributed by atoms with Crippen molar-refractivity contribution in [3.8, 4) is 5.75 Å². The van der Waals surface area contributed by atoms with Crippen LogP contribution in [0.2, 0.25) is 0 Å². The molecule has 1 saturated heterocycles. The highest BCUT2D eigenvalue weighted by Gasteiger charge is 2.40. The zero-order valence-electron chi connectivity index (χ0n) is 17.0. The highest BCUT2D eigenvalue weighted by atomic mass is 19.1. The van der Waals surface area contributed by atoms with Crippen LogP contribution in [0.3, 0.4) is 0 Å². The molecule has 1 aliphatic heterocycles.